The van der Waals surface area contributed by atoms with Gasteiger partial charge >= 0.3 is 0 Å². The van der Waals surface area contributed by atoms with Gasteiger partial charge in [0.1, 0.15) is 0 Å². The summed E-state index contributed by atoms with van der Waals surface area (Å²) in [5.41, 5.74) is 1.23. The molecule has 0 amide bonds. The molecule has 0 spiro atoms. The standard InChI is InChI=1S/C15H24N2O2S/c1-11-10-15(2,3)8-7-14(11)17-12-5-4-6-13(9-12)20(16,18)19/h4-6,9,11,14,17H,7-8,10H2,1-3H3,(H2,16,18,19). The Bertz CT molecular complexity index is 581. The monoisotopic (exact) mass is 296 g/mol. The summed E-state index contributed by atoms with van der Waals surface area (Å²) in [4.78, 5) is 0.159. The van der Waals surface area contributed by atoms with Gasteiger partial charge in [-0.1, -0.05) is 26.8 Å². The van der Waals surface area contributed by atoms with E-state index < -0.39 is 10.0 Å². The lowest BCUT2D eigenvalue weighted by Crippen LogP contribution is -2.36. The number of benzene rings is 1. The number of nitrogens with two attached hydrogens (primary N) is 1. The summed E-state index contributed by atoms with van der Waals surface area (Å²) in [5.74, 6) is 0.567. The van der Waals surface area contributed by atoms with Crippen LogP contribution in [0, 0.1) is 11.3 Å². The predicted molar refractivity (Wildman–Crippen MR) is 82.0 cm³/mol. The summed E-state index contributed by atoms with van der Waals surface area (Å²) >= 11 is 0. The Morgan fingerprint density at radius 1 is 1.35 bits per heavy atom. The minimum Gasteiger partial charge on any atom is -0.382 e. The van der Waals surface area contributed by atoms with Crippen molar-refractivity contribution in [2.24, 2.45) is 16.5 Å². The van der Waals surface area contributed by atoms with Crippen LogP contribution in [0.3, 0.4) is 0 Å². The van der Waals surface area contributed by atoms with Gasteiger partial charge in [-0.05, 0) is 48.8 Å². The average Bonchev–Trinajstić information content (AvgIpc) is 2.32. The molecule has 2 rings (SSSR count). The minimum atomic E-state index is -3.64. The third kappa shape index (κ3) is 3.73. The maximum Gasteiger partial charge on any atom is 0.238 e. The summed E-state index contributed by atoms with van der Waals surface area (Å²) in [6, 6.07) is 7.13. The van der Waals surface area contributed by atoms with Crippen LogP contribution in [0.4, 0.5) is 5.69 Å². The van der Waals surface area contributed by atoms with Crippen molar-refractivity contribution in [2.45, 2.75) is 51.0 Å². The zero-order valence-corrected chi connectivity index (χ0v) is 13.2. The molecule has 0 aromatic heterocycles. The number of anilines is 1. The number of sulfonamides is 1. The third-order valence-corrected chi connectivity index (χ3v) is 5.12. The van der Waals surface area contributed by atoms with E-state index in [-0.39, 0.29) is 4.90 Å². The molecule has 1 aliphatic rings. The molecule has 1 aromatic carbocycles. The van der Waals surface area contributed by atoms with Gasteiger partial charge in [-0.2, -0.15) is 0 Å². The maximum absolute atomic E-state index is 11.4. The first-order chi connectivity index (χ1) is 9.17. The van der Waals surface area contributed by atoms with Crippen molar-refractivity contribution in [2.75, 3.05) is 5.32 Å². The van der Waals surface area contributed by atoms with Crippen LogP contribution in [0.1, 0.15) is 40.0 Å². The Kier molecular flexibility index (Phi) is 4.12. The van der Waals surface area contributed by atoms with E-state index in [9.17, 15) is 8.42 Å². The number of hydrogen-bond donors (Lipinski definition) is 2. The van der Waals surface area contributed by atoms with Crippen molar-refractivity contribution in [3.63, 3.8) is 0 Å². The molecular weight excluding hydrogens is 272 g/mol. The van der Waals surface area contributed by atoms with E-state index in [1.165, 1.54) is 18.9 Å². The van der Waals surface area contributed by atoms with Gasteiger partial charge in [0.15, 0.2) is 0 Å². The molecule has 0 heterocycles. The molecule has 0 radical (unpaired) electrons. The highest BCUT2D eigenvalue weighted by molar-refractivity contribution is 7.89. The molecule has 1 aliphatic carbocycles. The second-order valence-electron chi connectivity index (χ2n) is 6.71. The smallest absolute Gasteiger partial charge is 0.238 e. The van der Waals surface area contributed by atoms with E-state index in [4.69, 9.17) is 5.14 Å². The lowest BCUT2D eigenvalue weighted by Gasteiger charge is -2.40. The van der Waals surface area contributed by atoms with Crippen LogP contribution in [-0.4, -0.2) is 14.5 Å². The molecule has 2 unspecified atom stereocenters. The first kappa shape index (κ1) is 15.3. The largest absolute Gasteiger partial charge is 0.382 e. The Hall–Kier alpha value is -1.07. The van der Waals surface area contributed by atoms with Crippen molar-refractivity contribution in [3.8, 4) is 0 Å². The van der Waals surface area contributed by atoms with Crippen LogP contribution >= 0.6 is 0 Å². The zero-order chi connectivity index (χ0) is 15.0. The van der Waals surface area contributed by atoms with Crippen LogP contribution in [0.15, 0.2) is 29.2 Å². The van der Waals surface area contributed by atoms with Crippen LogP contribution in [0.5, 0.6) is 0 Å². The SMILES string of the molecule is CC1CC(C)(C)CCC1Nc1cccc(S(N)(=O)=O)c1. The highest BCUT2D eigenvalue weighted by atomic mass is 32.2. The Labute approximate surface area is 121 Å². The number of nitrogens with one attached hydrogen (secondary N) is 1. The molecular formula is C15H24N2O2S. The first-order valence-electron chi connectivity index (χ1n) is 7.07. The fourth-order valence-corrected chi connectivity index (χ4v) is 3.70. The fraction of sp³-hybridized carbons (Fsp3) is 0.600. The summed E-state index contributed by atoms with van der Waals surface area (Å²) < 4.78 is 22.8. The molecule has 2 atom stereocenters. The third-order valence-electron chi connectivity index (χ3n) is 4.21. The lowest BCUT2D eigenvalue weighted by molar-refractivity contribution is 0.177. The fourth-order valence-electron chi connectivity index (χ4n) is 3.14. The zero-order valence-electron chi connectivity index (χ0n) is 12.4. The lowest BCUT2D eigenvalue weighted by atomic mass is 9.70. The Balaban J connectivity index is 2.11. The van der Waals surface area contributed by atoms with Gasteiger partial charge in [0.05, 0.1) is 4.90 Å². The highest BCUT2D eigenvalue weighted by Gasteiger charge is 2.32. The molecule has 0 bridgehead atoms. The van der Waals surface area contributed by atoms with E-state index in [0.29, 0.717) is 17.4 Å². The summed E-state index contributed by atoms with van der Waals surface area (Å²) in [7, 11) is -3.64. The van der Waals surface area contributed by atoms with Gasteiger partial charge in [-0.25, -0.2) is 13.6 Å². The Morgan fingerprint density at radius 3 is 2.65 bits per heavy atom. The summed E-state index contributed by atoms with van der Waals surface area (Å²) in [6.45, 7) is 6.87. The van der Waals surface area contributed by atoms with Gasteiger partial charge in [-0.15, -0.1) is 0 Å². The molecule has 112 valence electrons. The molecule has 1 aromatic rings. The second kappa shape index (κ2) is 5.37. The normalized spacial score (nSPS) is 26.2. The first-order valence-corrected chi connectivity index (χ1v) is 8.61. The quantitative estimate of drug-likeness (QED) is 0.900. The molecule has 0 saturated heterocycles. The number of rotatable bonds is 3. The number of primary sulfonamides is 1. The van der Waals surface area contributed by atoms with E-state index >= 15 is 0 Å². The van der Waals surface area contributed by atoms with Gasteiger partial charge in [0, 0.05) is 11.7 Å². The van der Waals surface area contributed by atoms with Gasteiger partial charge < -0.3 is 5.32 Å². The van der Waals surface area contributed by atoms with Crippen LogP contribution in [0.2, 0.25) is 0 Å². The number of hydrogen-bond acceptors (Lipinski definition) is 3. The molecule has 20 heavy (non-hydrogen) atoms. The Morgan fingerprint density at radius 2 is 2.05 bits per heavy atom. The van der Waals surface area contributed by atoms with Crippen LogP contribution in [0.25, 0.3) is 0 Å². The van der Waals surface area contributed by atoms with E-state index in [1.807, 2.05) is 6.07 Å². The van der Waals surface area contributed by atoms with Crippen molar-refractivity contribution in [3.05, 3.63) is 24.3 Å². The predicted octanol–water partition coefficient (Wildman–Crippen LogP) is 2.96. The van der Waals surface area contributed by atoms with Crippen LogP contribution < -0.4 is 10.5 Å². The van der Waals surface area contributed by atoms with Crippen LogP contribution in [-0.2, 0) is 10.0 Å². The molecule has 4 nitrogen and oxygen atoms in total. The molecule has 3 N–H and O–H groups in total. The van der Waals surface area contributed by atoms with Crippen molar-refractivity contribution >= 4 is 15.7 Å². The van der Waals surface area contributed by atoms with E-state index in [2.05, 4.69) is 26.1 Å². The maximum atomic E-state index is 11.4. The molecule has 5 heteroatoms. The van der Waals surface area contributed by atoms with Crippen molar-refractivity contribution < 1.29 is 8.42 Å². The van der Waals surface area contributed by atoms with Crippen molar-refractivity contribution in [1.82, 2.24) is 0 Å². The molecule has 1 fully saturated rings. The minimum absolute atomic E-state index is 0.159. The topological polar surface area (TPSA) is 72.2 Å². The summed E-state index contributed by atoms with van der Waals surface area (Å²) in [6.07, 6.45) is 3.47. The summed E-state index contributed by atoms with van der Waals surface area (Å²) in [5, 5.41) is 8.63. The van der Waals surface area contributed by atoms with Crippen molar-refractivity contribution in [1.29, 1.82) is 0 Å². The molecule has 0 aliphatic heterocycles. The average molecular weight is 296 g/mol. The van der Waals surface area contributed by atoms with Gasteiger partial charge in [0.25, 0.3) is 0 Å². The van der Waals surface area contributed by atoms with Gasteiger partial charge in [0.2, 0.25) is 10.0 Å². The highest BCUT2D eigenvalue weighted by Crippen LogP contribution is 2.39. The van der Waals surface area contributed by atoms with Gasteiger partial charge in [-0.3, -0.25) is 0 Å². The molecule has 1 saturated carbocycles. The second-order valence-corrected chi connectivity index (χ2v) is 8.27. The van der Waals surface area contributed by atoms with E-state index in [0.717, 1.165) is 12.1 Å². The van der Waals surface area contributed by atoms with E-state index in [1.54, 1.807) is 12.1 Å².